The lowest BCUT2D eigenvalue weighted by Crippen LogP contribution is -2.31. The molecule has 3 aromatic rings. The number of thiazole rings is 1. The van der Waals surface area contributed by atoms with Gasteiger partial charge < -0.3 is 19.7 Å². The molecule has 0 unspecified atom stereocenters. The average molecular weight is 538 g/mol. The summed E-state index contributed by atoms with van der Waals surface area (Å²) in [4.78, 5) is 32.1. The van der Waals surface area contributed by atoms with Crippen LogP contribution in [0.25, 0.3) is 6.08 Å². The number of carbonyl (C=O) groups is 2. The van der Waals surface area contributed by atoms with Crippen molar-refractivity contribution in [2.45, 2.75) is 39.3 Å². The van der Waals surface area contributed by atoms with Gasteiger partial charge >= 0.3 is 0 Å². The highest BCUT2D eigenvalue weighted by atomic mass is 35.5. The van der Waals surface area contributed by atoms with E-state index >= 15 is 0 Å². The van der Waals surface area contributed by atoms with Crippen LogP contribution in [0, 0.1) is 5.92 Å². The lowest BCUT2D eigenvalue weighted by Gasteiger charge is -2.11. The van der Waals surface area contributed by atoms with E-state index in [0.717, 1.165) is 22.8 Å². The number of hydrogen-bond donors (Lipinski definition) is 1. The van der Waals surface area contributed by atoms with Crippen molar-refractivity contribution in [2.24, 2.45) is 5.92 Å². The normalized spacial score (nSPS) is 15.6. The molecule has 192 valence electrons. The number of halogens is 1. The fraction of sp³-hybridized carbons (Fsp3) is 0.321. The van der Waals surface area contributed by atoms with Crippen LogP contribution in [0.5, 0.6) is 16.7 Å². The molecule has 1 saturated carbocycles. The van der Waals surface area contributed by atoms with E-state index in [9.17, 15) is 9.59 Å². The topological polar surface area (TPSA) is 80.8 Å². The van der Waals surface area contributed by atoms with Crippen LogP contribution in [0.1, 0.15) is 57.8 Å². The van der Waals surface area contributed by atoms with E-state index in [1.807, 2.05) is 38.1 Å². The smallest absolute Gasteiger partial charge is 0.279 e. The maximum atomic E-state index is 12.7. The van der Waals surface area contributed by atoms with Gasteiger partial charge in [-0.25, -0.2) is 4.98 Å². The summed E-state index contributed by atoms with van der Waals surface area (Å²) in [5, 5.41) is 3.88. The zero-order valence-electron chi connectivity index (χ0n) is 20.7. The van der Waals surface area contributed by atoms with Crippen molar-refractivity contribution < 1.29 is 19.1 Å². The number of nitrogens with one attached hydrogen (secondary N) is 1. The van der Waals surface area contributed by atoms with Gasteiger partial charge in [0.15, 0.2) is 0 Å². The first-order valence-electron chi connectivity index (χ1n) is 12.4. The Kier molecular flexibility index (Phi) is 7.48. The molecule has 0 radical (unpaired) electrons. The number of fused-ring (bicyclic) bond motifs is 1. The highest BCUT2D eigenvalue weighted by molar-refractivity contribution is 7.14. The largest absolute Gasteiger partial charge is 0.493 e. The van der Waals surface area contributed by atoms with Gasteiger partial charge in [0.1, 0.15) is 11.5 Å². The molecule has 9 heteroatoms. The standard InChI is InChI=1S/C28H28ClN3O4S/c1-3-32-15-20-8-7-19(12-23(20)27(32)34)26(33)31-17(2)4-10-22-14-30-28(37-22)36-25-11-9-21(13-24(25)29)35-16-18-5-6-18/h4,7-14,17-18H,3,5-6,15-16H2,1-2H3,(H,31,33)/t17-/m0/s1. The molecule has 1 aromatic heterocycles. The molecule has 0 bridgehead atoms. The Morgan fingerprint density at radius 2 is 2.14 bits per heavy atom. The number of rotatable bonds is 10. The molecule has 1 N–H and O–H groups in total. The highest BCUT2D eigenvalue weighted by Gasteiger charge is 2.27. The molecule has 5 rings (SSSR count). The van der Waals surface area contributed by atoms with Crippen molar-refractivity contribution in [1.82, 2.24) is 15.2 Å². The minimum Gasteiger partial charge on any atom is -0.493 e. The number of amides is 2. The Balaban J connectivity index is 1.15. The fourth-order valence-electron chi connectivity index (χ4n) is 3.98. The van der Waals surface area contributed by atoms with Crippen molar-refractivity contribution in [3.63, 3.8) is 0 Å². The predicted octanol–water partition coefficient (Wildman–Crippen LogP) is 6.19. The number of hydrogen-bond acceptors (Lipinski definition) is 6. The van der Waals surface area contributed by atoms with Crippen molar-refractivity contribution in [1.29, 1.82) is 0 Å². The summed E-state index contributed by atoms with van der Waals surface area (Å²) in [7, 11) is 0. The number of aromatic nitrogens is 1. The van der Waals surface area contributed by atoms with Crippen molar-refractivity contribution in [3.8, 4) is 16.7 Å². The summed E-state index contributed by atoms with van der Waals surface area (Å²) in [5.74, 6) is 1.67. The number of nitrogens with zero attached hydrogens (tertiary/aromatic N) is 2. The average Bonchev–Trinajstić information content (AvgIpc) is 3.53. The molecule has 1 aliphatic carbocycles. The number of benzene rings is 2. The van der Waals surface area contributed by atoms with E-state index in [2.05, 4.69) is 10.3 Å². The van der Waals surface area contributed by atoms with Gasteiger partial charge in [-0.2, -0.15) is 0 Å². The Morgan fingerprint density at radius 1 is 1.30 bits per heavy atom. The first kappa shape index (κ1) is 25.3. The van der Waals surface area contributed by atoms with Crippen molar-refractivity contribution in [2.75, 3.05) is 13.2 Å². The van der Waals surface area contributed by atoms with Gasteiger partial charge in [0.2, 0.25) is 0 Å². The third-order valence-corrected chi connectivity index (χ3v) is 7.46. The van der Waals surface area contributed by atoms with Crippen LogP contribution in [0.4, 0.5) is 0 Å². The van der Waals surface area contributed by atoms with Gasteiger partial charge in [0.25, 0.3) is 17.0 Å². The van der Waals surface area contributed by atoms with E-state index in [1.165, 1.54) is 24.2 Å². The molecule has 0 spiro atoms. The molecule has 2 amide bonds. The van der Waals surface area contributed by atoms with Crippen molar-refractivity contribution >= 4 is 40.8 Å². The van der Waals surface area contributed by atoms with Gasteiger partial charge in [-0.15, -0.1) is 0 Å². The van der Waals surface area contributed by atoms with Crippen LogP contribution in [-0.4, -0.2) is 40.9 Å². The first-order chi connectivity index (χ1) is 17.9. The van der Waals surface area contributed by atoms with Gasteiger partial charge in [0.05, 0.1) is 16.5 Å². The van der Waals surface area contributed by atoms with Crippen LogP contribution in [0.15, 0.2) is 48.7 Å². The summed E-state index contributed by atoms with van der Waals surface area (Å²) in [6.07, 6.45) is 7.94. The molecule has 1 aliphatic heterocycles. The van der Waals surface area contributed by atoms with E-state index < -0.39 is 0 Å². The van der Waals surface area contributed by atoms with Crippen LogP contribution >= 0.6 is 22.9 Å². The van der Waals surface area contributed by atoms with E-state index in [1.54, 1.807) is 35.4 Å². The quantitative estimate of drug-likeness (QED) is 0.334. The fourth-order valence-corrected chi connectivity index (χ4v) is 4.88. The zero-order chi connectivity index (χ0) is 25.9. The van der Waals surface area contributed by atoms with E-state index in [-0.39, 0.29) is 17.9 Å². The van der Waals surface area contributed by atoms with Crippen LogP contribution < -0.4 is 14.8 Å². The zero-order valence-corrected chi connectivity index (χ0v) is 22.3. The van der Waals surface area contributed by atoms with E-state index in [0.29, 0.717) is 46.1 Å². The Morgan fingerprint density at radius 3 is 2.89 bits per heavy atom. The van der Waals surface area contributed by atoms with Gasteiger partial charge in [0, 0.05) is 42.5 Å². The SMILES string of the molecule is CCN1Cc2ccc(C(=O)N[C@@H](C)C=Cc3cnc(Oc4ccc(OCC5CC5)cc4Cl)s3)cc2C1=O. The number of carbonyl (C=O) groups excluding carboxylic acids is 2. The maximum absolute atomic E-state index is 12.7. The summed E-state index contributed by atoms with van der Waals surface area (Å²) < 4.78 is 11.6. The van der Waals surface area contributed by atoms with Crippen molar-refractivity contribution in [3.05, 3.63) is 75.3 Å². The molecule has 2 aliphatic rings. The summed E-state index contributed by atoms with van der Waals surface area (Å²) >= 11 is 7.74. The second-order valence-corrected chi connectivity index (χ2v) is 10.7. The predicted molar refractivity (Wildman–Crippen MR) is 145 cm³/mol. The lowest BCUT2D eigenvalue weighted by molar-refractivity contribution is 0.0787. The van der Waals surface area contributed by atoms with Crippen LogP contribution in [0.3, 0.4) is 0 Å². The Labute approximate surface area is 225 Å². The molecular formula is C28H28ClN3O4S. The lowest BCUT2D eigenvalue weighted by atomic mass is 10.1. The van der Waals surface area contributed by atoms with Gasteiger partial charge in [-0.05, 0) is 68.5 Å². The Hall–Kier alpha value is -3.36. The van der Waals surface area contributed by atoms with Crippen LogP contribution in [0.2, 0.25) is 5.02 Å². The third-order valence-electron chi connectivity index (χ3n) is 6.33. The van der Waals surface area contributed by atoms with Gasteiger partial charge in [-0.1, -0.05) is 35.1 Å². The minimum atomic E-state index is -0.229. The van der Waals surface area contributed by atoms with Gasteiger partial charge in [-0.3, -0.25) is 9.59 Å². The monoisotopic (exact) mass is 537 g/mol. The molecule has 2 aromatic carbocycles. The summed E-state index contributed by atoms with van der Waals surface area (Å²) in [6, 6.07) is 10.5. The second kappa shape index (κ2) is 10.9. The third kappa shape index (κ3) is 6.14. The second-order valence-electron chi connectivity index (χ2n) is 9.29. The first-order valence-corrected chi connectivity index (χ1v) is 13.6. The molecule has 1 atom stereocenters. The molecule has 0 saturated heterocycles. The molecular weight excluding hydrogens is 510 g/mol. The minimum absolute atomic E-state index is 0.0255. The molecule has 7 nitrogen and oxygen atoms in total. The Bertz CT molecular complexity index is 1350. The van der Waals surface area contributed by atoms with Crippen LogP contribution in [-0.2, 0) is 6.54 Å². The molecule has 37 heavy (non-hydrogen) atoms. The number of ether oxygens (including phenoxy) is 2. The summed E-state index contributed by atoms with van der Waals surface area (Å²) in [5.41, 5.74) is 2.04. The highest BCUT2D eigenvalue weighted by Crippen LogP contribution is 2.35. The molecule has 1 fully saturated rings. The summed E-state index contributed by atoms with van der Waals surface area (Å²) in [6.45, 7) is 5.80. The van der Waals surface area contributed by atoms with E-state index in [4.69, 9.17) is 21.1 Å². The maximum Gasteiger partial charge on any atom is 0.279 e. The molecule has 2 heterocycles.